The van der Waals surface area contributed by atoms with Crippen molar-refractivity contribution in [2.75, 3.05) is 0 Å². The molecular weight excluding hydrogens is 420 g/mol. The summed E-state index contributed by atoms with van der Waals surface area (Å²) in [4.78, 5) is 0. The fourth-order valence-corrected chi connectivity index (χ4v) is 5.54. The van der Waals surface area contributed by atoms with Crippen LogP contribution in [0.25, 0.3) is 0 Å². The third-order valence-corrected chi connectivity index (χ3v) is 8.11. The SMILES string of the molecule is CCCCCCCCCCCCCCCCCCCCCCCCCCCC(C)c1ccccc1. The molecule has 0 N–H and O–H groups in total. The number of rotatable bonds is 27. The van der Waals surface area contributed by atoms with Gasteiger partial charge in [0.15, 0.2) is 0 Å². The maximum Gasteiger partial charge on any atom is -0.0190 e. The van der Waals surface area contributed by atoms with Crippen LogP contribution in [0.2, 0.25) is 0 Å². The van der Waals surface area contributed by atoms with E-state index in [1.807, 2.05) is 0 Å². The molecule has 0 aliphatic rings. The average Bonchev–Trinajstić information content (AvgIpc) is 2.89. The lowest BCUT2D eigenvalue weighted by atomic mass is 9.95. The Morgan fingerprint density at radius 2 is 0.686 bits per heavy atom. The van der Waals surface area contributed by atoms with Crippen molar-refractivity contribution in [2.45, 2.75) is 187 Å². The Hall–Kier alpha value is -0.780. The van der Waals surface area contributed by atoms with Gasteiger partial charge in [-0.15, -0.1) is 0 Å². The number of unbranched alkanes of at least 4 members (excludes halogenated alkanes) is 24. The fraction of sp³-hybridized carbons (Fsp3) is 0.829. The van der Waals surface area contributed by atoms with E-state index >= 15 is 0 Å². The summed E-state index contributed by atoms with van der Waals surface area (Å²) in [6.07, 6.45) is 38.0. The summed E-state index contributed by atoms with van der Waals surface area (Å²) in [5.41, 5.74) is 1.51. The molecule has 1 atom stereocenters. The molecule has 0 bridgehead atoms. The quantitative estimate of drug-likeness (QED) is 0.109. The van der Waals surface area contributed by atoms with Gasteiger partial charge in [0, 0.05) is 0 Å². The summed E-state index contributed by atoms with van der Waals surface area (Å²) in [6.45, 7) is 4.69. The molecule has 0 heteroatoms. The van der Waals surface area contributed by atoms with Crippen LogP contribution in [0.15, 0.2) is 30.3 Å². The molecule has 0 aliphatic heterocycles. The van der Waals surface area contributed by atoms with E-state index in [0.717, 1.165) is 5.92 Å². The first-order valence-corrected chi connectivity index (χ1v) is 16.4. The largest absolute Gasteiger partial charge is 0.0654 e. The molecule has 0 amide bonds. The molecule has 1 aromatic rings. The third kappa shape index (κ3) is 22.2. The second kappa shape index (κ2) is 26.3. The van der Waals surface area contributed by atoms with Crippen LogP contribution in [0.4, 0.5) is 0 Å². The molecule has 1 rings (SSSR count). The zero-order valence-electron chi connectivity index (χ0n) is 24.3. The smallest absolute Gasteiger partial charge is 0.0190 e. The van der Waals surface area contributed by atoms with Crippen molar-refractivity contribution in [2.24, 2.45) is 0 Å². The number of hydrogen-bond donors (Lipinski definition) is 0. The summed E-state index contributed by atoms with van der Waals surface area (Å²) in [6, 6.07) is 11.0. The van der Waals surface area contributed by atoms with E-state index in [-0.39, 0.29) is 0 Å². The summed E-state index contributed by atoms with van der Waals surface area (Å²) in [5.74, 6) is 0.723. The Bertz CT molecular complexity index is 504. The monoisotopic (exact) mass is 485 g/mol. The molecule has 0 nitrogen and oxygen atoms in total. The van der Waals surface area contributed by atoms with Gasteiger partial charge in [0.05, 0.1) is 0 Å². The van der Waals surface area contributed by atoms with Gasteiger partial charge in [-0.3, -0.25) is 0 Å². The summed E-state index contributed by atoms with van der Waals surface area (Å²) < 4.78 is 0. The topological polar surface area (TPSA) is 0 Å². The van der Waals surface area contributed by atoms with Crippen LogP contribution in [-0.2, 0) is 0 Å². The highest BCUT2D eigenvalue weighted by Gasteiger charge is 2.04. The van der Waals surface area contributed by atoms with Gasteiger partial charge in [-0.25, -0.2) is 0 Å². The van der Waals surface area contributed by atoms with E-state index in [1.165, 1.54) is 173 Å². The van der Waals surface area contributed by atoms with E-state index < -0.39 is 0 Å². The minimum absolute atomic E-state index is 0.723. The highest BCUT2D eigenvalue weighted by atomic mass is 14.1. The first kappa shape index (κ1) is 32.2. The van der Waals surface area contributed by atoms with Crippen molar-refractivity contribution in [1.82, 2.24) is 0 Å². The lowest BCUT2D eigenvalue weighted by Crippen LogP contribution is -1.93. The van der Waals surface area contributed by atoms with Crippen LogP contribution < -0.4 is 0 Å². The van der Waals surface area contributed by atoms with Gasteiger partial charge in [-0.1, -0.05) is 205 Å². The molecule has 0 aliphatic carbocycles. The summed E-state index contributed by atoms with van der Waals surface area (Å²) in [5, 5.41) is 0. The average molecular weight is 485 g/mol. The number of benzene rings is 1. The molecule has 0 spiro atoms. The van der Waals surface area contributed by atoms with Crippen molar-refractivity contribution in [3.8, 4) is 0 Å². The van der Waals surface area contributed by atoms with Crippen LogP contribution in [0.5, 0.6) is 0 Å². The molecule has 0 saturated carbocycles. The Balaban J connectivity index is 1.67. The van der Waals surface area contributed by atoms with Gasteiger partial charge >= 0.3 is 0 Å². The predicted octanol–water partition coefficient (Wildman–Crippen LogP) is 13.0. The zero-order valence-corrected chi connectivity index (χ0v) is 24.3. The summed E-state index contributed by atoms with van der Waals surface area (Å²) >= 11 is 0. The first-order chi connectivity index (χ1) is 17.3. The van der Waals surface area contributed by atoms with Gasteiger partial charge < -0.3 is 0 Å². The molecular formula is C35H64. The van der Waals surface area contributed by atoms with Crippen molar-refractivity contribution in [3.63, 3.8) is 0 Å². The zero-order chi connectivity index (χ0) is 25.1. The molecule has 35 heavy (non-hydrogen) atoms. The molecule has 0 saturated heterocycles. The van der Waals surface area contributed by atoms with Crippen molar-refractivity contribution >= 4 is 0 Å². The highest BCUT2D eigenvalue weighted by Crippen LogP contribution is 2.22. The van der Waals surface area contributed by atoms with Gasteiger partial charge in [-0.2, -0.15) is 0 Å². The predicted molar refractivity (Wildman–Crippen MR) is 161 cm³/mol. The highest BCUT2D eigenvalue weighted by molar-refractivity contribution is 5.18. The van der Waals surface area contributed by atoms with Gasteiger partial charge in [0.2, 0.25) is 0 Å². The minimum atomic E-state index is 0.723. The van der Waals surface area contributed by atoms with Crippen LogP contribution in [0.3, 0.4) is 0 Å². The van der Waals surface area contributed by atoms with E-state index in [1.54, 1.807) is 0 Å². The fourth-order valence-electron chi connectivity index (χ4n) is 5.54. The van der Waals surface area contributed by atoms with E-state index in [4.69, 9.17) is 0 Å². The Morgan fingerprint density at radius 1 is 0.400 bits per heavy atom. The van der Waals surface area contributed by atoms with E-state index in [9.17, 15) is 0 Å². The van der Waals surface area contributed by atoms with Crippen molar-refractivity contribution in [1.29, 1.82) is 0 Å². The van der Waals surface area contributed by atoms with Crippen LogP contribution >= 0.6 is 0 Å². The maximum atomic E-state index is 2.38. The molecule has 204 valence electrons. The normalized spacial score (nSPS) is 12.3. The number of hydrogen-bond acceptors (Lipinski definition) is 0. The van der Waals surface area contributed by atoms with Crippen LogP contribution in [0, 0.1) is 0 Å². The molecule has 0 heterocycles. The molecule has 0 aromatic heterocycles. The van der Waals surface area contributed by atoms with E-state index in [0.29, 0.717) is 0 Å². The van der Waals surface area contributed by atoms with Crippen molar-refractivity contribution in [3.05, 3.63) is 35.9 Å². The first-order valence-electron chi connectivity index (χ1n) is 16.4. The Labute approximate surface area is 222 Å². The molecule has 1 unspecified atom stereocenters. The van der Waals surface area contributed by atoms with Crippen LogP contribution in [0.1, 0.15) is 192 Å². The standard InChI is InChI=1S/C35H64/c1-3-4-5-6-7-8-9-10-11-12-13-14-15-16-17-18-19-20-21-22-23-24-25-26-28-31-34(2)35-32-29-27-30-33-35/h27,29-30,32-34H,3-26,28,31H2,1-2H3. The molecule has 0 fully saturated rings. The van der Waals surface area contributed by atoms with Gasteiger partial charge in [0.25, 0.3) is 0 Å². The van der Waals surface area contributed by atoms with Crippen molar-refractivity contribution < 1.29 is 0 Å². The second-order valence-corrected chi connectivity index (χ2v) is 11.6. The van der Waals surface area contributed by atoms with Crippen LogP contribution in [-0.4, -0.2) is 0 Å². The molecule has 1 aromatic carbocycles. The lowest BCUT2D eigenvalue weighted by Gasteiger charge is -2.11. The van der Waals surface area contributed by atoms with E-state index in [2.05, 4.69) is 44.2 Å². The Morgan fingerprint density at radius 3 is 1.00 bits per heavy atom. The Kier molecular flexibility index (Phi) is 24.2. The second-order valence-electron chi connectivity index (χ2n) is 11.6. The van der Waals surface area contributed by atoms with Gasteiger partial charge in [-0.05, 0) is 17.9 Å². The third-order valence-electron chi connectivity index (χ3n) is 8.11. The maximum absolute atomic E-state index is 2.38. The van der Waals surface area contributed by atoms with Gasteiger partial charge in [0.1, 0.15) is 0 Å². The lowest BCUT2D eigenvalue weighted by molar-refractivity contribution is 0.513. The minimum Gasteiger partial charge on any atom is -0.0654 e. The summed E-state index contributed by atoms with van der Waals surface area (Å²) in [7, 11) is 0. The molecule has 0 radical (unpaired) electrons.